The smallest absolute Gasteiger partial charge is 0.332 e. The maximum Gasteiger partial charge on any atom is 0.332 e. The minimum absolute atomic E-state index is 0.0813. The van der Waals surface area contributed by atoms with Crippen molar-refractivity contribution >= 4 is 17.1 Å². The van der Waals surface area contributed by atoms with Crippen molar-refractivity contribution in [1.82, 2.24) is 24.0 Å². The summed E-state index contributed by atoms with van der Waals surface area (Å²) in [6.45, 7) is 3.28. The van der Waals surface area contributed by atoms with Crippen LogP contribution in [0.15, 0.2) is 40.2 Å². The summed E-state index contributed by atoms with van der Waals surface area (Å²) in [5.41, 5.74) is 1.06. The average Bonchev–Trinajstić information content (AvgIpc) is 3.13. The number of ether oxygens (including phenoxy) is 1. The Morgan fingerprint density at radius 1 is 1.14 bits per heavy atom. The summed E-state index contributed by atoms with van der Waals surface area (Å²) in [5, 5.41) is 2.82. The minimum Gasteiger partial charge on any atom is -0.492 e. The molecule has 9 nitrogen and oxygen atoms in total. The predicted molar refractivity (Wildman–Crippen MR) is 109 cm³/mol. The lowest BCUT2D eigenvalue weighted by Crippen LogP contribution is -2.37. The van der Waals surface area contributed by atoms with Crippen LogP contribution in [0, 0.1) is 6.92 Å². The van der Waals surface area contributed by atoms with E-state index >= 15 is 0 Å². The molecular formula is C20H25N5O4. The molecule has 154 valence electrons. The Bertz CT molecular complexity index is 1120. The van der Waals surface area contributed by atoms with E-state index < -0.39 is 11.2 Å². The molecule has 0 bridgehead atoms. The third-order valence-corrected chi connectivity index (χ3v) is 4.73. The zero-order chi connectivity index (χ0) is 21.0. The molecular weight excluding hydrogens is 374 g/mol. The Hall–Kier alpha value is -3.36. The number of rotatable bonds is 8. The maximum atomic E-state index is 12.4. The minimum atomic E-state index is -0.417. The Balaban J connectivity index is 1.47. The van der Waals surface area contributed by atoms with Crippen LogP contribution in [0.3, 0.4) is 0 Å². The van der Waals surface area contributed by atoms with E-state index in [9.17, 15) is 14.4 Å². The lowest BCUT2D eigenvalue weighted by atomic mass is 10.2. The number of imidazole rings is 1. The van der Waals surface area contributed by atoms with Crippen LogP contribution in [0.1, 0.15) is 18.4 Å². The van der Waals surface area contributed by atoms with E-state index in [-0.39, 0.29) is 5.91 Å². The molecule has 0 aliphatic carbocycles. The molecule has 0 aliphatic heterocycles. The first-order valence-electron chi connectivity index (χ1n) is 9.45. The number of hydrogen-bond acceptors (Lipinski definition) is 5. The molecule has 0 saturated carbocycles. The number of aryl methyl sites for hydroxylation is 3. The van der Waals surface area contributed by atoms with Crippen molar-refractivity contribution < 1.29 is 9.53 Å². The fourth-order valence-electron chi connectivity index (χ4n) is 3.06. The van der Waals surface area contributed by atoms with Gasteiger partial charge in [-0.25, -0.2) is 9.78 Å². The first-order valence-corrected chi connectivity index (χ1v) is 9.45. The van der Waals surface area contributed by atoms with Crippen molar-refractivity contribution in [2.24, 2.45) is 14.1 Å². The van der Waals surface area contributed by atoms with Gasteiger partial charge in [0.05, 0.1) is 12.9 Å². The Labute approximate surface area is 167 Å². The van der Waals surface area contributed by atoms with Gasteiger partial charge >= 0.3 is 5.69 Å². The first kappa shape index (κ1) is 20.4. The highest BCUT2D eigenvalue weighted by atomic mass is 16.5. The Morgan fingerprint density at radius 3 is 2.59 bits per heavy atom. The summed E-state index contributed by atoms with van der Waals surface area (Å²) in [5.74, 6) is 0.690. The van der Waals surface area contributed by atoms with Gasteiger partial charge < -0.3 is 14.6 Å². The number of benzene rings is 1. The number of carbonyl (C=O) groups is 1. The van der Waals surface area contributed by atoms with Gasteiger partial charge in [0.15, 0.2) is 11.2 Å². The van der Waals surface area contributed by atoms with Crippen LogP contribution in [0.4, 0.5) is 0 Å². The number of hydrogen-bond donors (Lipinski definition) is 1. The van der Waals surface area contributed by atoms with Gasteiger partial charge in [-0.1, -0.05) is 17.7 Å². The second kappa shape index (κ2) is 8.76. The van der Waals surface area contributed by atoms with Crippen molar-refractivity contribution in [3.8, 4) is 5.75 Å². The second-order valence-electron chi connectivity index (χ2n) is 6.93. The Morgan fingerprint density at radius 2 is 1.86 bits per heavy atom. The van der Waals surface area contributed by atoms with Crippen LogP contribution in [0.2, 0.25) is 0 Å². The van der Waals surface area contributed by atoms with Crippen LogP contribution in [0.5, 0.6) is 5.75 Å². The van der Waals surface area contributed by atoms with E-state index in [2.05, 4.69) is 10.3 Å². The van der Waals surface area contributed by atoms with E-state index in [1.807, 2.05) is 31.2 Å². The topological polar surface area (TPSA) is 100 Å². The number of nitrogens with one attached hydrogen (secondary N) is 1. The molecule has 3 aromatic rings. The summed E-state index contributed by atoms with van der Waals surface area (Å²) in [6, 6.07) is 7.73. The summed E-state index contributed by atoms with van der Waals surface area (Å²) in [4.78, 5) is 40.5. The Kier molecular flexibility index (Phi) is 6.16. The van der Waals surface area contributed by atoms with Gasteiger partial charge in [0.2, 0.25) is 5.91 Å². The van der Waals surface area contributed by atoms with Crippen molar-refractivity contribution in [2.75, 3.05) is 13.2 Å². The fraction of sp³-hybridized carbons (Fsp3) is 0.400. The van der Waals surface area contributed by atoms with Crippen LogP contribution >= 0.6 is 0 Å². The van der Waals surface area contributed by atoms with Crippen LogP contribution in [0.25, 0.3) is 11.2 Å². The molecule has 0 spiro atoms. The monoisotopic (exact) mass is 399 g/mol. The molecule has 2 aromatic heterocycles. The third kappa shape index (κ3) is 4.56. The van der Waals surface area contributed by atoms with Crippen LogP contribution < -0.4 is 21.3 Å². The lowest BCUT2D eigenvalue weighted by molar-refractivity contribution is -0.121. The molecule has 0 saturated heterocycles. The van der Waals surface area contributed by atoms with Crippen molar-refractivity contribution in [2.45, 2.75) is 26.3 Å². The molecule has 0 atom stereocenters. The fourth-order valence-corrected chi connectivity index (χ4v) is 3.06. The maximum absolute atomic E-state index is 12.4. The van der Waals surface area contributed by atoms with Crippen molar-refractivity contribution in [1.29, 1.82) is 0 Å². The van der Waals surface area contributed by atoms with E-state index in [0.717, 1.165) is 15.9 Å². The van der Waals surface area contributed by atoms with Crippen molar-refractivity contribution in [3.63, 3.8) is 0 Å². The highest BCUT2D eigenvalue weighted by Gasteiger charge is 2.14. The van der Waals surface area contributed by atoms with Gasteiger partial charge in [-0.2, -0.15) is 0 Å². The molecule has 29 heavy (non-hydrogen) atoms. The molecule has 2 heterocycles. The highest BCUT2D eigenvalue weighted by molar-refractivity contribution is 5.75. The molecule has 0 fully saturated rings. The highest BCUT2D eigenvalue weighted by Crippen LogP contribution is 2.11. The second-order valence-corrected chi connectivity index (χ2v) is 6.93. The van der Waals surface area contributed by atoms with E-state index in [4.69, 9.17) is 4.74 Å². The number of aromatic nitrogens is 4. The number of nitrogens with zero attached hydrogens (tertiary/aromatic N) is 4. The summed E-state index contributed by atoms with van der Waals surface area (Å²) < 4.78 is 9.66. The van der Waals surface area contributed by atoms with E-state index in [1.54, 1.807) is 11.6 Å². The largest absolute Gasteiger partial charge is 0.492 e. The zero-order valence-electron chi connectivity index (χ0n) is 16.8. The molecule has 0 unspecified atom stereocenters. The molecule has 0 aliphatic rings. The van der Waals surface area contributed by atoms with Gasteiger partial charge in [0, 0.05) is 27.1 Å². The number of amides is 1. The van der Waals surface area contributed by atoms with E-state index in [1.165, 1.54) is 17.9 Å². The SMILES string of the molecule is Cc1ccc(OCCNC(=O)CCCn2cnc3c2c(=O)n(C)c(=O)n3C)cc1. The summed E-state index contributed by atoms with van der Waals surface area (Å²) in [7, 11) is 3.02. The zero-order valence-corrected chi connectivity index (χ0v) is 16.8. The lowest BCUT2D eigenvalue weighted by Gasteiger charge is -2.09. The molecule has 1 aromatic carbocycles. The van der Waals surface area contributed by atoms with Crippen molar-refractivity contribution in [3.05, 3.63) is 57.0 Å². The normalized spacial score (nSPS) is 11.0. The van der Waals surface area contributed by atoms with Gasteiger partial charge in [0.25, 0.3) is 5.56 Å². The molecule has 1 amide bonds. The molecule has 1 N–H and O–H groups in total. The number of carbonyl (C=O) groups excluding carboxylic acids is 1. The quantitative estimate of drug-likeness (QED) is 0.563. The molecule has 3 rings (SSSR count). The third-order valence-electron chi connectivity index (χ3n) is 4.73. The van der Waals surface area contributed by atoms with Gasteiger partial charge in [0.1, 0.15) is 12.4 Å². The van der Waals surface area contributed by atoms with Gasteiger partial charge in [-0.15, -0.1) is 0 Å². The standard InChI is InChI=1S/C20H25N5O4/c1-14-6-8-15(9-7-14)29-12-10-21-16(26)5-4-11-25-13-22-18-17(25)19(27)24(3)20(28)23(18)2/h6-9,13H,4-5,10-12H2,1-3H3,(H,21,26). The average molecular weight is 399 g/mol. The predicted octanol–water partition coefficient (Wildman–Crippen LogP) is 0.718. The number of fused-ring (bicyclic) bond motifs is 1. The summed E-state index contributed by atoms with van der Waals surface area (Å²) in [6.07, 6.45) is 2.39. The summed E-state index contributed by atoms with van der Waals surface area (Å²) >= 11 is 0. The molecule has 0 radical (unpaired) electrons. The first-order chi connectivity index (χ1) is 13.9. The van der Waals surface area contributed by atoms with Crippen LogP contribution in [-0.4, -0.2) is 37.7 Å². The van der Waals surface area contributed by atoms with Crippen LogP contribution in [-0.2, 0) is 25.4 Å². The van der Waals surface area contributed by atoms with E-state index in [0.29, 0.717) is 43.7 Å². The molecule has 9 heteroatoms. The van der Waals surface area contributed by atoms with Gasteiger partial charge in [-0.3, -0.25) is 18.7 Å². The van der Waals surface area contributed by atoms with Gasteiger partial charge in [-0.05, 0) is 25.5 Å².